The van der Waals surface area contributed by atoms with E-state index in [1.807, 2.05) is 4.90 Å². The molecule has 5 rings (SSSR count). The molecule has 160 valence electrons. The summed E-state index contributed by atoms with van der Waals surface area (Å²) in [5.41, 5.74) is 7.57. The number of carbonyl (C=O) groups is 2. The van der Waals surface area contributed by atoms with Crippen LogP contribution in [0.3, 0.4) is 0 Å². The Bertz CT molecular complexity index is 1060. The van der Waals surface area contributed by atoms with Crippen molar-refractivity contribution in [2.45, 2.75) is 31.2 Å². The molecule has 3 aliphatic rings. The van der Waals surface area contributed by atoms with Gasteiger partial charge in [-0.2, -0.15) is 0 Å². The zero-order valence-electron chi connectivity index (χ0n) is 16.7. The molecule has 3 aliphatic heterocycles. The number of fused-ring (bicyclic) bond motifs is 3. The lowest BCUT2D eigenvalue weighted by Gasteiger charge is -2.28. The number of amidine groups is 1. The highest BCUT2D eigenvalue weighted by Crippen LogP contribution is 2.53. The van der Waals surface area contributed by atoms with E-state index in [2.05, 4.69) is 0 Å². The molecule has 5 atom stereocenters. The fourth-order valence-electron chi connectivity index (χ4n) is 5.41. The number of hydrogen-bond acceptors (Lipinski definition) is 4. The first kappa shape index (κ1) is 19.8. The minimum Gasteiger partial charge on any atom is -0.384 e. The Kier molecular flexibility index (Phi) is 4.62. The summed E-state index contributed by atoms with van der Waals surface area (Å²) in [4.78, 5) is 29.9. The molecular formula is C23H22F2N4O2. The predicted molar refractivity (Wildman–Crippen MR) is 109 cm³/mol. The minimum atomic E-state index is -1.04. The Morgan fingerprint density at radius 1 is 1.03 bits per heavy atom. The Balaban J connectivity index is 1.49. The van der Waals surface area contributed by atoms with E-state index < -0.39 is 24.0 Å². The van der Waals surface area contributed by atoms with Crippen molar-refractivity contribution < 1.29 is 18.4 Å². The first-order valence-corrected chi connectivity index (χ1v) is 10.3. The van der Waals surface area contributed by atoms with Crippen LogP contribution < -0.4 is 5.73 Å². The second kappa shape index (κ2) is 7.23. The molecule has 2 amide bonds. The molecule has 0 radical (unpaired) electrons. The average Bonchev–Trinajstić information content (AvgIpc) is 3.33. The van der Waals surface area contributed by atoms with Gasteiger partial charge in [-0.1, -0.05) is 36.4 Å². The van der Waals surface area contributed by atoms with Gasteiger partial charge in [0.2, 0.25) is 11.8 Å². The summed E-state index contributed by atoms with van der Waals surface area (Å²) >= 11 is 0. The fraction of sp³-hybridized carbons (Fsp3) is 0.348. The Morgan fingerprint density at radius 2 is 1.68 bits per heavy atom. The van der Waals surface area contributed by atoms with Crippen LogP contribution in [0, 0.1) is 23.1 Å². The standard InChI is InChI=1S/C23H22F2N4O2/c24-15-7-1-12(2-8-15)10-29-22(30)18-17-9-16(25)11-28(17)20(19(18)23(29)31)13-3-5-14(6-4-13)21(26)27/h1-8,16-20H,9-11H2,(H3,26,27)/t16-,17-,18+,19+,20+/m1/s1. The van der Waals surface area contributed by atoms with Crippen molar-refractivity contribution in [1.82, 2.24) is 9.80 Å². The zero-order chi connectivity index (χ0) is 21.9. The summed E-state index contributed by atoms with van der Waals surface area (Å²) in [6, 6.07) is 12.0. The van der Waals surface area contributed by atoms with Gasteiger partial charge in [0, 0.05) is 24.2 Å². The normalized spacial score (nSPS) is 30.0. The van der Waals surface area contributed by atoms with Crippen LogP contribution in [0.25, 0.3) is 0 Å². The molecule has 3 N–H and O–H groups in total. The maximum absolute atomic E-state index is 14.3. The molecule has 0 unspecified atom stereocenters. The Hall–Kier alpha value is -3.13. The molecule has 3 fully saturated rings. The number of likely N-dealkylation sites (tertiary alicyclic amines) is 1. The van der Waals surface area contributed by atoms with Crippen molar-refractivity contribution in [3.05, 3.63) is 71.0 Å². The molecule has 0 aromatic heterocycles. The summed E-state index contributed by atoms with van der Waals surface area (Å²) in [7, 11) is 0. The lowest BCUT2D eigenvalue weighted by Crippen LogP contribution is -2.39. The van der Waals surface area contributed by atoms with E-state index in [4.69, 9.17) is 11.1 Å². The Labute approximate surface area is 178 Å². The quantitative estimate of drug-likeness (QED) is 0.448. The maximum Gasteiger partial charge on any atom is 0.235 e. The highest BCUT2D eigenvalue weighted by atomic mass is 19.1. The fourth-order valence-corrected chi connectivity index (χ4v) is 5.41. The number of rotatable bonds is 4. The van der Waals surface area contributed by atoms with Gasteiger partial charge >= 0.3 is 0 Å². The molecule has 0 saturated carbocycles. The highest BCUT2D eigenvalue weighted by Gasteiger charge is 2.64. The lowest BCUT2D eigenvalue weighted by atomic mass is 9.85. The van der Waals surface area contributed by atoms with Crippen molar-refractivity contribution in [2.75, 3.05) is 6.54 Å². The highest BCUT2D eigenvalue weighted by molar-refractivity contribution is 6.06. The summed E-state index contributed by atoms with van der Waals surface area (Å²) in [6.07, 6.45) is -0.814. The number of imide groups is 1. The van der Waals surface area contributed by atoms with Crippen molar-refractivity contribution in [3.8, 4) is 0 Å². The third kappa shape index (κ3) is 3.13. The van der Waals surface area contributed by atoms with E-state index in [9.17, 15) is 18.4 Å². The van der Waals surface area contributed by atoms with Gasteiger partial charge in [-0.25, -0.2) is 8.78 Å². The van der Waals surface area contributed by atoms with Crippen LogP contribution in [0.4, 0.5) is 8.78 Å². The first-order chi connectivity index (χ1) is 14.8. The molecule has 0 spiro atoms. The van der Waals surface area contributed by atoms with Gasteiger partial charge in [0.25, 0.3) is 0 Å². The molecule has 0 aliphatic carbocycles. The second-order valence-electron chi connectivity index (χ2n) is 8.52. The monoisotopic (exact) mass is 424 g/mol. The van der Waals surface area contributed by atoms with Gasteiger partial charge in [-0.3, -0.25) is 24.8 Å². The molecule has 3 saturated heterocycles. The van der Waals surface area contributed by atoms with E-state index in [1.54, 1.807) is 36.4 Å². The number of carbonyl (C=O) groups excluding carboxylic acids is 2. The molecule has 3 heterocycles. The van der Waals surface area contributed by atoms with E-state index in [0.717, 1.165) is 5.56 Å². The average molecular weight is 424 g/mol. The Morgan fingerprint density at radius 3 is 2.32 bits per heavy atom. The third-order valence-corrected chi connectivity index (χ3v) is 6.75. The molecule has 8 heteroatoms. The number of alkyl halides is 1. The van der Waals surface area contributed by atoms with Gasteiger partial charge in [-0.15, -0.1) is 0 Å². The number of nitrogens with zero attached hydrogens (tertiary/aromatic N) is 2. The lowest BCUT2D eigenvalue weighted by molar-refractivity contribution is -0.142. The van der Waals surface area contributed by atoms with E-state index in [0.29, 0.717) is 11.1 Å². The van der Waals surface area contributed by atoms with Crippen LogP contribution in [0.2, 0.25) is 0 Å². The maximum atomic E-state index is 14.3. The van der Waals surface area contributed by atoms with Gasteiger partial charge in [0.05, 0.1) is 18.4 Å². The van der Waals surface area contributed by atoms with Crippen LogP contribution in [0.5, 0.6) is 0 Å². The molecule has 6 nitrogen and oxygen atoms in total. The summed E-state index contributed by atoms with van der Waals surface area (Å²) < 4.78 is 27.6. The topological polar surface area (TPSA) is 90.5 Å². The van der Waals surface area contributed by atoms with E-state index in [1.165, 1.54) is 17.0 Å². The molecular weight excluding hydrogens is 402 g/mol. The predicted octanol–water partition coefficient (Wildman–Crippen LogP) is 2.38. The van der Waals surface area contributed by atoms with Crippen LogP contribution in [-0.4, -0.2) is 46.2 Å². The van der Waals surface area contributed by atoms with Gasteiger partial charge < -0.3 is 5.73 Å². The summed E-state index contributed by atoms with van der Waals surface area (Å²) in [5.74, 6) is -2.18. The number of benzene rings is 2. The second-order valence-corrected chi connectivity index (χ2v) is 8.52. The molecule has 0 bridgehead atoms. The van der Waals surface area contributed by atoms with Crippen LogP contribution in [-0.2, 0) is 16.1 Å². The third-order valence-electron chi connectivity index (χ3n) is 6.75. The van der Waals surface area contributed by atoms with E-state index in [-0.39, 0.29) is 49.0 Å². The summed E-state index contributed by atoms with van der Waals surface area (Å²) in [6.45, 7) is 0.266. The van der Waals surface area contributed by atoms with Gasteiger partial charge in [-0.05, 0) is 29.7 Å². The largest absolute Gasteiger partial charge is 0.384 e. The van der Waals surface area contributed by atoms with Crippen molar-refractivity contribution in [3.63, 3.8) is 0 Å². The smallest absolute Gasteiger partial charge is 0.235 e. The van der Waals surface area contributed by atoms with E-state index >= 15 is 0 Å². The van der Waals surface area contributed by atoms with Gasteiger partial charge in [0.1, 0.15) is 17.8 Å². The van der Waals surface area contributed by atoms with Crippen molar-refractivity contribution in [1.29, 1.82) is 5.41 Å². The number of nitrogens with one attached hydrogen (secondary N) is 1. The van der Waals surface area contributed by atoms with Crippen molar-refractivity contribution in [2.24, 2.45) is 17.6 Å². The van der Waals surface area contributed by atoms with Crippen molar-refractivity contribution >= 4 is 17.6 Å². The number of nitrogen functional groups attached to an aromatic ring is 1. The minimum absolute atomic E-state index is 0.0590. The number of halogens is 2. The number of nitrogens with two attached hydrogens (primary N) is 1. The van der Waals surface area contributed by atoms with Gasteiger partial charge in [0.15, 0.2) is 0 Å². The molecule has 2 aromatic rings. The van der Waals surface area contributed by atoms with Crippen LogP contribution in [0.1, 0.15) is 29.2 Å². The molecule has 31 heavy (non-hydrogen) atoms. The number of hydrogen-bond donors (Lipinski definition) is 2. The summed E-state index contributed by atoms with van der Waals surface area (Å²) in [5, 5.41) is 7.57. The SMILES string of the molecule is N=C(N)c1ccc([C@H]2[C@H]3C(=O)N(Cc4ccc(F)cc4)C(=O)[C@H]3[C@H]3C[C@@H](F)CN32)cc1. The first-order valence-electron chi connectivity index (χ1n) is 10.3. The zero-order valence-corrected chi connectivity index (χ0v) is 16.7. The van der Waals surface area contributed by atoms with Crippen LogP contribution >= 0.6 is 0 Å². The molecule has 2 aromatic carbocycles. The number of amides is 2. The van der Waals surface area contributed by atoms with Crippen LogP contribution in [0.15, 0.2) is 48.5 Å².